The maximum absolute atomic E-state index is 12.6. The van der Waals surface area contributed by atoms with Crippen LogP contribution >= 0.6 is 0 Å². The molecule has 134 valence electrons. The second-order valence-corrected chi connectivity index (χ2v) is 6.22. The SMILES string of the molecule is Cc1cc(C)n2nc(C(=O)NC(C(=O)O)c3cccc(C)c3C)nc2n1. The van der Waals surface area contributed by atoms with E-state index in [0.29, 0.717) is 11.3 Å². The highest BCUT2D eigenvalue weighted by atomic mass is 16.4. The quantitative estimate of drug-likeness (QED) is 0.741. The normalized spacial score (nSPS) is 12.2. The largest absolute Gasteiger partial charge is 0.479 e. The molecule has 3 rings (SSSR count). The van der Waals surface area contributed by atoms with E-state index in [2.05, 4.69) is 20.4 Å². The van der Waals surface area contributed by atoms with E-state index in [1.54, 1.807) is 12.1 Å². The van der Waals surface area contributed by atoms with E-state index in [4.69, 9.17) is 0 Å². The first-order valence-electron chi connectivity index (χ1n) is 8.08. The van der Waals surface area contributed by atoms with E-state index in [-0.39, 0.29) is 5.82 Å². The number of benzene rings is 1. The molecule has 0 aliphatic heterocycles. The Hall–Kier alpha value is -3.29. The van der Waals surface area contributed by atoms with Gasteiger partial charge in [-0.15, -0.1) is 5.10 Å². The minimum atomic E-state index is -1.19. The van der Waals surface area contributed by atoms with Crippen LogP contribution in [0.25, 0.3) is 5.78 Å². The van der Waals surface area contributed by atoms with E-state index in [1.807, 2.05) is 39.8 Å². The molecule has 0 aliphatic carbocycles. The molecule has 0 fully saturated rings. The summed E-state index contributed by atoms with van der Waals surface area (Å²) in [5.41, 5.74) is 3.83. The topological polar surface area (TPSA) is 109 Å². The molecule has 0 aliphatic rings. The second-order valence-electron chi connectivity index (χ2n) is 6.22. The molecular weight excluding hydrogens is 334 g/mol. The first kappa shape index (κ1) is 17.5. The van der Waals surface area contributed by atoms with Crippen LogP contribution in [0.4, 0.5) is 0 Å². The van der Waals surface area contributed by atoms with Crippen LogP contribution in [0.15, 0.2) is 24.3 Å². The maximum Gasteiger partial charge on any atom is 0.330 e. The van der Waals surface area contributed by atoms with E-state index < -0.39 is 17.9 Å². The van der Waals surface area contributed by atoms with Crippen molar-refractivity contribution >= 4 is 17.7 Å². The van der Waals surface area contributed by atoms with Crippen molar-refractivity contribution in [2.75, 3.05) is 0 Å². The molecule has 1 atom stereocenters. The smallest absolute Gasteiger partial charge is 0.330 e. The van der Waals surface area contributed by atoms with Gasteiger partial charge in [0.1, 0.15) is 0 Å². The fraction of sp³-hybridized carbons (Fsp3) is 0.278. The molecule has 1 unspecified atom stereocenters. The van der Waals surface area contributed by atoms with Crippen molar-refractivity contribution in [2.45, 2.75) is 33.7 Å². The third kappa shape index (κ3) is 3.13. The zero-order chi connectivity index (χ0) is 19.0. The molecule has 1 aromatic carbocycles. The van der Waals surface area contributed by atoms with Crippen molar-refractivity contribution in [1.29, 1.82) is 0 Å². The summed E-state index contributed by atoms with van der Waals surface area (Å²) in [6.45, 7) is 7.36. The minimum absolute atomic E-state index is 0.122. The van der Waals surface area contributed by atoms with Crippen LogP contribution in [0.1, 0.15) is 44.7 Å². The number of aromatic nitrogens is 4. The Morgan fingerprint density at radius 1 is 1.15 bits per heavy atom. The van der Waals surface area contributed by atoms with Crippen molar-refractivity contribution in [2.24, 2.45) is 0 Å². The maximum atomic E-state index is 12.6. The molecule has 2 heterocycles. The van der Waals surface area contributed by atoms with Crippen molar-refractivity contribution < 1.29 is 14.7 Å². The molecule has 0 saturated carbocycles. The Bertz CT molecular complexity index is 1030. The van der Waals surface area contributed by atoms with Crippen molar-refractivity contribution in [1.82, 2.24) is 24.9 Å². The van der Waals surface area contributed by atoms with Crippen LogP contribution < -0.4 is 5.32 Å². The Morgan fingerprint density at radius 2 is 1.88 bits per heavy atom. The van der Waals surface area contributed by atoms with E-state index >= 15 is 0 Å². The van der Waals surface area contributed by atoms with Crippen LogP contribution in [0.2, 0.25) is 0 Å². The number of aliphatic carboxylic acids is 1. The van der Waals surface area contributed by atoms with Crippen molar-refractivity contribution in [3.05, 3.63) is 58.2 Å². The summed E-state index contributed by atoms with van der Waals surface area (Å²) < 4.78 is 1.45. The Balaban J connectivity index is 1.95. The average Bonchev–Trinajstić information content (AvgIpc) is 2.99. The summed E-state index contributed by atoms with van der Waals surface area (Å²) in [6.07, 6.45) is 0. The molecule has 2 N–H and O–H groups in total. The third-order valence-electron chi connectivity index (χ3n) is 4.30. The standard InChI is InChI=1S/C18H19N5O3/c1-9-6-5-7-13(12(9)4)14(17(25)26)20-16(24)15-21-18-19-10(2)8-11(3)23(18)22-15/h5-8,14H,1-4H3,(H,20,24)(H,25,26). The molecule has 0 saturated heterocycles. The van der Waals surface area contributed by atoms with E-state index in [1.165, 1.54) is 4.52 Å². The third-order valence-corrected chi connectivity index (χ3v) is 4.30. The highest BCUT2D eigenvalue weighted by molar-refractivity contribution is 5.94. The van der Waals surface area contributed by atoms with Gasteiger partial charge in [0.25, 0.3) is 11.7 Å². The lowest BCUT2D eigenvalue weighted by atomic mass is 9.97. The van der Waals surface area contributed by atoms with Gasteiger partial charge in [-0.3, -0.25) is 4.79 Å². The van der Waals surface area contributed by atoms with Crippen LogP contribution in [0, 0.1) is 27.7 Å². The van der Waals surface area contributed by atoms with Gasteiger partial charge in [-0.25, -0.2) is 14.3 Å². The highest BCUT2D eigenvalue weighted by Crippen LogP contribution is 2.21. The molecule has 1 amide bonds. The summed E-state index contributed by atoms with van der Waals surface area (Å²) in [7, 11) is 0. The number of carbonyl (C=O) groups is 2. The second kappa shape index (κ2) is 6.55. The number of carboxylic acid groups (broad SMARTS) is 1. The Labute approximate surface area is 149 Å². The number of amides is 1. The number of carbonyl (C=O) groups excluding carboxylic acids is 1. The number of hydrogen-bond donors (Lipinski definition) is 2. The number of rotatable bonds is 4. The summed E-state index contributed by atoms with van der Waals surface area (Å²) in [4.78, 5) is 32.6. The van der Waals surface area contributed by atoms with Gasteiger partial charge in [-0.2, -0.15) is 4.98 Å². The molecule has 8 nitrogen and oxygen atoms in total. The lowest BCUT2D eigenvalue weighted by Crippen LogP contribution is -2.35. The average molecular weight is 353 g/mol. The summed E-state index contributed by atoms with van der Waals surface area (Å²) in [6, 6.07) is 5.97. The van der Waals surface area contributed by atoms with Gasteiger partial charge >= 0.3 is 5.97 Å². The number of nitrogens with one attached hydrogen (secondary N) is 1. The van der Waals surface area contributed by atoms with Crippen molar-refractivity contribution in [3.8, 4) is 0 Å². The summed E-state index contributed by atoms with van der Waals surface area (Å²) in [5.74, 6) is -1.64. The van der Waals surface area contributed by atoms with E-state index in [0.717, 1.165) is 22.5 Å². The number of aryl methyl sites for hydroxylation is 3. The number of nitrogens with zero attached hydrogens (tertiary/aromatic N) is 4. The Kier molecular flexibility index (Phi) is 4.41. The van der Waals surface area contributed by atoms with Crippen LogP contribution in [-0.2, 0) is 4.79 Å². The monoisotopic (exact) mass is 353 g/mol. The summed E-state index contributed by atoms with van der Waals surface area (Å²) >= 11 is 0. The first-order valence-corrected chi connectivity index (χ1v) is 8.08. The van der Waals surface area contributed by atoms with Gasteiger partial charge in [0.05, 0.1) is 0 Å². The molecule has 2 aromatic heterocycles. The number of hydrogen-bond acceptors (Lipinski definition) is 5. The Morgan fingerprint density at radius 3 is 2.58 bits per heavy atom. The molecule has 8 heteroatoms. The first-order chi connectivity index (χ1) is 12.3. The van der Waals surface area contributed by atoms with Crippen LogP contribution in [-0.4, -0.2) is 36.6 Å². The predicted octanol–water partition coefficient (Wildman–Crippen LogP) is 1.91. The molecule has 3 aromatic rings. The molecule has 26 heavy (non-hydrogen) atoms. The highest BCUT2D eigenvalue weighted by Gasteiger charge is 2.26. The van der Waals surface area contributed by atoms with Gasteiger partial charge in [0.2, 0.25) is 5.82 Å². The van der Waals surface area contributed by atoms with Crippen LogP contribution in [0.3, 0.4) is 0 Å². The fourth-order valence-corrected chi connectivity index (χ4v) is 2.82. The van der Waals surface area contributed by atoms with Gasteiger partial charge < -0.3 is 10.4 Å². The predicted molar refractivity (Wildman–Crippen MR) is 94.0 cm³/mol. The zero-order valence-corrected chi connectivity index (χ0v) is 14.9. The lowest BCUT2D eigenvalue weighted by Gasteiger charge is -2.17. The summed E-state index contributed by atoms with van der Waals surface area (Å²) in [5, 5.41) is 16.2. The fourth-order valence-electron chi connectivity index (χ4n) is 2.82. The molecule has 0 spiro atoms. The van der Waals surface area contributed by atoms with E-state index in [9.17, 15) is 14.7 Å². The number of carboxylic acids is 1. The zero-order valence-electron chi connectivity index (χ0n) is 14.9. The molecular formula is C18H19N5O3. The van der Waals surface area contributed by atoms with Gasteiger partial charge in [0.15, 0.2) is 6.04 Å². The van der Waals surface area contributed by atoms with Gasteiger partial charge in [0, 0.05) is 11.4 Å². The van der Waals surface area contributed by atoms with Crippen LogP contribution in [0.5, 0.6) is 0 Å². The number of fused-ring (bicyclic) bond motifs is 1. The lowest BCUT2D eigenvalue weighted by molar-refractivity contribution is -0.139. The van der Waals surface area contributed by atoms with Crippen molar-refractivity contribution in [3.63, 3.8) is 0 Å². The molecule has 0 bridgehead atoms. The minimum Gasteiger partial charge on any atom is -0.479 e. The molecule has 0 radical (unpaired) electrons. The van der Waals surface area contributed by atoms with Gasteiger partial charge in [-0.05, 0) is 50.5 Å². The van der Waals surface area contributed by atoms with Gasteiger partial charge in [-0.1, -0.05) is 18.2 Å².